The highest BCUT2D eigenvalue weighted by Crippen LogP contribution is 2.32. The van der Waals surface area contributed by atoms with Crippen LogP contribution >= 0.6 is 0 Å². The fourth-order valence-electron chi connectivity index (χ4n) is 2.50. The highest BCUT2D eigenvalue weighted by Gasteiger charge is 2.34. The summed E-state index contributed by atoms with van der Waals surface area (Å²) < 4.78 is 6.62. The normalized spacial score (nSPS) is 15.6. The van der Waals surface area contributed by atoms with E-state index in [1.54, 1.807) is 12.7 Å². The molecular weight excluding hydrogens is 288 g/mol. The number of imidazole rings is 2. The van der Waals surface area contributed by atoms with Gasteiger partial charge in [0.25, 0.3) is 0 Å². The fraction of sp³-hybridized carbons (Fsp3) is 0.667. The number of ether oxygens (including phenoxy) is 1. The van der Waals surface area contributed by atoms with Gasteiger partial charge in [0.05, 0.1) is 36.3 Å². The van der Waals surface area contributed by atoms with Gasteiger partial charge in [0, 0.05) is 25.2 Å². The zero-order chi connectivity index (χ0) is 17.1. The molecule has 0 aliphatic heterocycles. The third-order valence-corrected chi connectivity index (χ3v) is 4.16. The minimum Gasteiger partial charge on any atom is -0.373 e. The van der Waals surface area contributed by atoms with E-state index in [1.165, 1.54) is 0 Å². The number of nitrogens with one attached hydrogen (secondary N) is 2. The van der Waals surface area contributed by atoms with Crippen LogP contribution in [-0.4, -0.2) is 32.1 Å². The second-order valence-electron chi connectivity index (χ2n) is 8.37. The third-order valence-electron chi connectivity index (χ3n) is 4.16. The lowest BCUT2D eigenvalue weighted by Gasteiger charge is -2.38. The summed E-state index contributed by atoms with van der Waals surface area (Å²) in [6.07, 6.45) is 9.13. The molecular formula is C18H30N4O. The van der Waals surface area contributed by atoms with E-state index in [0.717, 1.165) is 24.2 Å². The number of hydrogen-bond donors (Lipinski definition) is 2. The van der Waals surface area contributed by atoms with E-state index in [9.17, 15) is 0 Å². The summed E-state index contributed by atoms with van der Waals surface area (Å²) >= 11 is 0. The van der Waals surface area contributed by atoms with Crippen molar-refractivity contribution in [2.75, 3.05) is 0 Å². The van der Waals surface area contributed by atoms with Crippen molar-refractivity contribution in [3.8, 4) is 0 Å². The molecule has 2 heterocycles. The molecule has 0 saturated heterocycles. The van der Waals surface area contributed by atoms with E-state index < -0.39 is 0 Å². The molecule has 2 aromatic rings. The van der Waals surface area contributed by atoms with Crippen molar-refractivity contribution < 1.29 is 4.74 Å². The molecule has 0 bridgehead atoms. The number of hydrogen-bond acceptors (Lipinski definition) is 3. The first-order valence-electron chi connectivity index (χ1n) is 8.27. The number of aromatic nitrogens is 4. The Kier molecular flexibility index (Phi) is 5.30. The van der Waals surface area contributed by atoms with Crippen molar-refractivity contribution in [2.45, 2.75) is 66.6 Å². The SMILES string of the molecule is CC(C)(C)C(Cc1c[nH]cn1)OC(Cc1c[nH]cn1)C(C)(C)C. The first-order chi connectivity index (χ1) is 10.7. The van der Waals surface area contributed by atoms with Gasteiger partial charge in [-0.25, -0.2) is 9.97 Å². The lowest BCUT2D eigenvalue weighted by molar-refractivity contribution is -0.106. The highest BCUT2D eigenvalue weighted by molar-refractivity contribution is 5.01. The molecule has 5 nitrogen and oxygen atoms in total. The second kappa shape index (κ2) is 6.87. The maximum Gasteiger partial charge on any atom is 0.0923 e. The van der Waals surface area contributed by atoms with Gasteiger partial charge in [-0.2, -0.15) is 0 Å². The number of nitrogens with zero attached hydrogens (tertiary/aromatic N) is 2. The number of rotatable bonds is 6. The minimum absolute atomic E-state index is 0.0357. The van der Waals surface area contributed by atoms with E-state index in [1.807, 2.05) is 12.4 Å². The first kappa shape index (κ1) is 17.7. The van der Waals surface area contributed by atoms with Gasteiger partial charge >= 0.3 is 0 Å². The van der Waals surface area contributed by atoms with Gasteiger partial charge in [0.15, 0.2) is 0 Å². The molecule has 0 aromatic carbocycles. The molecule has 5 heteroatoms. The molecule has 0 radical (unpaired) electrons. The molecule has 0 fully saturated rings. The Morgan fingerprint density at radius 1 is 0.826 bits per heavy atom. The summed E-state index contributed by atoms with van der Waals surface area (Å²) in [7, 11) is 0. The van der Waals surface area contributed by atoms with Crippen LogP contribution in [0.5, 0.6) is 0 Å². The standard InChI is InChI=1S/C18H30N4O/c1-17(2,3)15(7-13-9-19-11-21-13)23-16(18(4,5)6)8-14-10-20-12-22-14/h9-12,15-16H,7-8H2,1-6H3,(H,19,21)(H,20,22). The molecule has 2 atom stereocenters. The van der Waals surface area contributed by atoms with Crippen molar-refractivity contribution in [1.29, 1.82) is 0 Å². The fourth-order valence-corrected chi connectivity index (χ4v) is 2.50. The molecule has 23 heavy (non-hydrogen) atoms. The Morgan fingerprint density at radius 3 is 1.48 bits per heavy atom. The minimum atomic E-state index is 0.0357. The van der Waals surface area contributed by atoms with Crippen LogP contribution in [0.1, 0.15) is 52.9 Å². The lowest BCUT2D eigenvalue weighted by atomic mass is 9.83. The molecule has 0 aliphatic rings. The van der Waals surface area contributed by atoms with Crippen LogP contribution in [0.3, 0.4) is 0 Å². The monoisotopic (exact) mass is 318 g/mol. The zero-order valence-corrected chi connectivity index (χ0v) is 15.2. The Bertz CT molecular complexity index is 509. The van der Waals surface area contributed by atoms with Gasteiger partial charge in [-0.15, -0.1) is 0 Å². The van der Waals surface area contributed by atoms with Crippen molar-refractivity contribution in [3.05, 3.63) is 36.4 Å². The predicted molar refractivity (Wildman–Crippen MR) is 92.2 cm³/mol. The van der Waals surface area contributed by atoms with Gasteiger partial charge < -0.3 is 14.7 Å². The average molecular weight is 318 g/mol. The second-order valence-corrected chi connectivity index (χ2v) is 8.37. The Labute approximate surface area is 139 Å². The quantitative estimate of drug-likeness (QED) is 0.852. The Morgan fingerprint density at radius 2 is 1.22 bits per heavy atom. The molecule has 2 N–H and O–H groups in total. The molecule has 0 spiro atoms. The largest absolute Gasteiger partial charge is 0.373 e. The lowest BCUT2D eigenvalue weighted by Crippen LogP contribution is -2.41. The predicted octanol–water partition coefficient (Wildman–Crippen LogP) is 3.76. The Hall–Kier alpha value is -1.62. The summed E-state index contributed by atoms with van der Waals surface area (Å²) in [6.45, 7) is 13.3. The van der Waals surface area contributed by atoms with E-state index in [0.29, 0.717) is 0 Å². The molecule has 0 amide bonds. The summed E-state index contributed by atoms with van der Waals surface area (Å²) in [6, 6.07) is 0. The van der Waals surface area contributed by atoms with Crippen LogP contribution in [0.25, 0.3) is 0 Å². The van der Waals surface area contributed by atoms with Crippen LogP contribution in [0, 0.1) is 10.8 Å². The summed E-state index contributed by atoms with van der Waals surface area (Å²) in [5, 5.41) is 0. The molecule has 2 aromatic heterocycles. The smallest absolute Gasteiger partial charge is 0.0923 e. The molecule has 0 saturated carbocycles. The zero-order valence-electron chi connectivity index (χ0n) is 15.2. The van der Waals surface area contributed by atoms with Crippen molar-refractivity contribution >= 4 is 0 Å². The van der Waals surface area contributed by atoms with E-state index >= 15 is 0 Å². The summed E-state index contributed by atoms with van der Waals surface area (Å²) in [5.74, 6) is 0. The van der Waals surface area contributed by atoms with Crippen LogP contribution in [0.15, 0.2) is 25.0 Å². The van der Waals surface area contributed by atoms with E-state index in [4.69, 9.17) is 4.74 Å². The van der Waals surface area contributed by atoms with Crippen LogP contribution < -0.4 is 0 Å². The van der Waals surface area contributed by atoms with Crippen LogP contribution in [0.2, 0.25) is 0 Å². The summed E-state index contributed by atoms with van der Waals surface area (Å²) in [4.78, 5) is 14.8. The van der Waals surface area contributed by atoms with Crippen molar-refractivity contribution in [1.82, 2.24) is 19.9 Å². The van der Waals surface area contributed by atoms with Crippen LogP contribution in [0.4, 0.5) is 0 Å². The van der Waals surface area contributed by atoms with Gasteiger partial charge in [0.1, 0.15) is 0 Å². The topological polar surface area (TPSA) is 66.6 Å². The van der Waals surface area contributed by atoms with Gasteiger partial charge in [0.2, 0.25) is 0 Å². The van der Waals surface area contributed by atoms with Crippen molar-refractivity contribution in [2.24, 2.45) is 10.8 Å². The van der Waals surface area contributed by atoms with Crippen molar-refractivity contribution in [3.63, 3.8) is 0 Å². The van der Waals surface area contributed by atoms with Crippen LogP contribution in [-0.2, 0) is 17.6 Å². The average Bonchev–Trinajstić information content (AvgIpc) is 3.07. The third kappa shape index (κ3) is 5.20. The molecule has 2 rings (SSSR count). The maximum atomic E-state index is 6.62. The van der Waals surface area contributed by atoms with Gasteiger partial charge in [-0.1, -0.05) is 41.5 Å². The number of aromatic amines is 2. The maximum absolute atomic E-state index is 6.62. The molecule has 0 aliphatic carbocycles. The first-order valence-corrected chi connectivity index (χ1v) is 8.27. The van der Waals surface area contributed by atoms with Gasteiger partial charge in [-0.3, -0.25) is 0 Å². The van der Waals surface area contributed by atoms with Gasteiger partial charge in [-0.05, 0) is 10.8 Å². The Balaban J connectivity index is 2.15. The summed E-state index contributed by atoms with van der Waals surface area (Å²) in [5.41, 5.74) is 2.15. The van der Waals surface area contributed by atoms with E-state index in [-0.39, 0.29) is 23.0 Å². The molecule has 2 unspecified atom stereocenters. The molecule has 128 valence electrons. The van der Waals surface area contributed by atoms with E-state index in [2.05, 4.69) is 61.5 Å². The highest BCUT2D eigenvalue weighted by atomic mass is 16.5. The number of H-pyrrole nitrogens is 2.